The average molecular weight is 462 g/mol. The predicted molar refractivity (Wildman–Crippen MR) is 126 cm³/mol. The first-order chi connectivity index (χ1) is 15.7. The highest BCUT2D eigenvalue weighted by Gasteiger charge is 2.45. The van der Waals surface area contributed by atoms with Crippen LogP contribution in [0.4, 0.5) is 0 Å². The molecule has 1 aliphatic rings. The summed E-state index contributed by atoms with van der Waals surface area (Å²) in [6.45, 7) is 6.21. The zero-order valence-corrected chi connectivity index (χ0v) is 20.3. The second-order valence-electron chi connectivity index (χ2n) is 9.44. The van der Waals surface area contributed by atoms with Crippen molar-refractivity contribution in [2.75, 3.05) is 20.3 Å². The summed E-state index contributed by atoms with van der Waals surface area (Å²) in [5, 5.41) is 5.49. The summed E-state index contributed by atoms with van der Waals surface area (Å²) in [5.74, 6) is -1.94. The third-order valence-corrected chi connectivity index (χ3v) is 6.22. The summed E-state index contributed by atoms with van der Waals surface area (Å²) in [6.07, 6.45) is 3.06. The number of ether oxygens (including phenoxy) is 2. The lowest BCUT2D eigenvalue weighted by Gasteiger charge is -2.37. The van der Waals surface area contributed by atoms with Crippen LogP contribution in [-0.2, 0) is 30.3 Å². The lowest BCUT2D eigenvalue weighted by atomic mass is 9.72. The second kappa shape index (κ2) is 12.7. The summed E-state index contributed by atoms with van der Waals surface area (Å²) < 4.78 is 11.5. The van der Waals surface area contributed by atoms with Gasteiger partial charge in [-0.25, -0.2) is 0 Å². The van der Waals surface area contributed by atoms with Crippen molar-refractivity contribution in [1.29, 1.82) is 0 Å². The summed E-state index contributed by atoms with van der Waals surface area (Å²) in [7, 11) is 1.53. The van der Waals surface area contributed by atoms with Crippen LogP contribution in [0.3, 0.4) is 0 Å². The zero-order chi connectivity index (χ0) is 24.4. The van der Waals surface area contributed by atoms with Crippen LogP contribution in [0.1, 0.15) is 52.0 Å². The zero-order valence-electron chi connectivity index (χ0n) is 20.3. The Bertz CT molecular complexity index is 780. The van der Waals surface area contributed by atoms with E-state index in [9.17, 15) is 14.4 Å². The molecule has 2 unspecified atom stereocenters. The van der Waals surface area contributed by atoms with Crippen molar-refractivity contribution in [3.8, 4) is 0 Å². The minimum absolute atomic E-state index is 0.0267. The number of benzene rings is 1. The Morgan fingerprint density at radius 1 is 1.18 bits per heavy atom. The summed E-state index contributed by atoms with van der Waals surface area (Å²) in [6, 6.07) is 8.69. The van der Waals surface area contributed by atoms with E-state index in [-0.39, 0.29) is 24.3 Å². The molecule has 1 aliphatic heterocycles. The lowest BCUT2D eigenvalue weighted by molar-refractivity contribution is -0.186. The van der Waals surface area contributed by atoms with Crippen LogP contribution in [-0.4, -0.2) is 50.3 Å². The minimum atomic E-state index is -1.25. The molecule has 184 valence electrons. The van der Waals surface area contributed by atoms with Gasteiger partial charge in [-0.05, 0) is 44.1 Å². The predicted octanol–water partition coefficient (Wildman–Crippen LogP) is 2.16. The van der Waals surface area contributed by atoms with Crippen LogP contribution in [0.15, 0.2) is 30.3 Å². The van der Waals surface area contributed by atoms with Crippen LogP contribution in [0, 0.1) is 17.3 Å². The van der Waals surface area contributed by atoms with Crippen molar-refractivity contribution in [3.63, 3.8) is 0 Å². The smallest absolute Gasteiger partial charge is 0.242 e. The third kappa shape index (κ3) is 7.82. The molecule has 0 aliphatic carbocycles. The molecule has 1 saturated heterocycles. The van der Waals surface area contributed by atoms with E-state index < -0.39 is 29.6 Å². The van der Waals surface area contributed by atoms with E-state index in [4.69, 9.17) is 15.2 Å². The largest absolute Gasteiger partial charge is 0.369 e. The van der Waals surface area contributed by atoms with Crippen molar-refractivity contribution in [1.82, 2.24) is 10.6 Å². The molecule has 8 heteroatoms. The van der Waals surface area contributed by atoms with Gasteiger partial charge in [0.05, 0.1) is 17.9 Å². The number of carbonyl (C=O) groups excluding carboxylic acids is 3. The second-order valence-corrected chi connectivity index (χ2v) is 9.44. The number of amides is 3. The Kier molecular flexibility index (Phi) is 10.3. The molecule has 4 atom stereocenters. The maximum atomic E-state index is 13.5. The van der Waals surface area contributed by atoms with Crippen LogP contribution >= 0.6 is 0 Å². The van der Waals surface area contributed by atoms with Crippen LogP contribution in [0.2, 0.25) is 0 Å². The third-order valence-electron chi connectivity index (χ3n) is 6.22. The van der Waals surface area contributed by atoms with Gasteiger partial charge in [0.2, 0.25) is 17.7 Å². The molecule has 1 aromatic rings. The van der Waals surface area contributed by atoms with E-state index in [0.717, 1.165) is 24.8 Å². The molecule has 1 aromatic carbocycles. The van der Waals surface area contributed by atoms with Gasteiger partial charge in [-0.3, -0.25) is 14.4 Å². The van der Waals surface area contributed by atoms with Gasteiger partial charge in [0, 0.05) is 20.1 Å². The van der Waals surface area contributed by atoms with Crippen LogP contribution in [0.5, 0.6) is 0 Å². The molecule has 0 saturated carbocycles. The number of nitrogens with one attached hydrogen (secondary N) is 2. The number of nitrogens with two attached hydrogens (primary N) is 1. The summed E-state index contributed by atoms with van der Waals surface area (Å²) in [5.41, 5.74) is 5.49. The highest BCUT2D eigenvalue weighted by Crippen LogP contribution is 2.34. The van der Waals surface area contributed by atoms with Crippen LogP contribution < -0.4 is 16.4 Å². The normalized spacial score (nSPS) is 19.8. The number of hydrogen-bond acceptors (Lipinski definition) is 5. The monoisotopic (exact) mass is 461 g/mol. The Morgan fingerprint density at radius 3 is 2.42 bits per heavy atom. The number of rotatable bonds is 12. The minimum Gasteiger partial charge on any atom is -0.369 e. The molecule has 2 rings (SSSR count). The molecule has 8 nitrogen and oxygen atoms in total. The number of primary amides is 1. The fourth-order valence-electron chi connectivity index (χ4n) is 4.09. The average Bonchev–Trinajstić information content (AvgIpc) is 2.81. The van der Waals surface area contributed by atoms with E-state index in [0.29, 0.717) is 19.4 Å². The van der Waals surface area contributed by atoms with E-state index in [1.807, 2.05) is 44.2 Å². The van der Waals surface area contributed by atoms with E-state index >= 15 is 0 Å². The van der Waals surface area contributed by atoms with E-state index in [1.165, 1.54) is 7.05 Å². The SMILES string of the molecule is CNC(=O)[C@H](Cc1ccccc1)NC(=O)C(CC(C)C)[C@](C)(COC1CCCCO1)C(N)=O. The molecule has 1 fully saturated rings. The van der Waals surface area contributed by atoms with Crippen molar-refractivity contribution in [2.45, 2.75) is 65.2 Å². The van der Waals surface area contributed by atoms with Crippen molar-refractivity contribution in [2.24, 2.45) is 23.0 Å². The van der Waals surface area contributed by atoms with Gasteiger partial charge >= 0.3 is 0 Å². The Labute approximate surface area is 197 Å². The fraction of sp³-hybridized carbons (Fsp3) is 0.640. The van der Waals surface area contributed by atoms with Gasteiger partial charge in [-0.15, -0.1) is 0 Å². The lowest BCUT2D eigenvalue weighted by Crippen LogP contribution is -2.55. The number of carbonyl (C=O) groups is 3. The first kappa shape index (κ1) is 26.8. The molecule has 33 heavy (non-hydrogen) atoms. The van der Waals surface area contributed by atoms with E-state index in [1.54, 1.807) is 6.92 Å². The maximum Gasteiger partial charge on any atom is 0.242 e. The Balaban J connectivity index is 2.23. The standard InChI is InChI=1S/C25H39N3O5/c1-17(2)14-19(25(3,24(26)31)16-33-21-12-8-9-13-32-21)22(29)28-20(23(30)27-4)15-18-10-6-5-7-11-18/h5-7,10-11,17,19-21H,8-9,12-16H2,1-4H3,(H2,26,31)(H,27,30)(H,28,29)/t19?,20-,21?,25-/m0/s1. The molecule has 4 N–H and O–H groups in total. The molecule has 0 bridgehead atoms. The molecular weight excluding hydrogens is 422 g/mol. The van der Waals surface area contributed by atoms with Gasteiger partial charge in [-0.2, -0.15) is 0 Å². The van der Waals surface area contributed by atoms with E-state index in [2.05, 4.69) is 10.6 Å². The number of likely N-dealkylation sites (N-methyl/N-ethyl adjacent to an activating group) is 1. The summed E-state index contributed by atoms with van der Waals surface area (Å²) in [4.78, 5) is 38.7. The molecule has 0 aromatic heterocycles. The highest BCUT2D eigenvalue weighted by molar-refractivity contribution is 5.93. The van der Waals surface area contributed by atoms with Crippen molar-refractivity contribution >= 4 is 17.7 Å². The first-order valence-corrected chi connectivity index (χ1v) is 11.8. The highest BCUT2D eigenvalue weighted by atomic mass is 16.7. The molecule has 0 radical (unpaired) electrons. The molecular formula is C25H39N3O5. The summed E-state index contributed by atoms with van der Waals surface area (Å²) >= 11 is 0. The topological polar surface area (TPSA) is 120 Å². The molecule has 0 spiro atoms. The van der Waals surface area contributed by atoms with Gasteiger partial charge in [0.15, 0.2) is 6.29 Å². The Morgan fingerprint density at radius 2 is 1.88 bits per heavy atom. The van der Waals surface area contributed by atoms with Crippen LogP contribution in [0.25, 0.3) is 0 Å². The number of hydrogen-bond donors (Lipinski definition) is 3. The van der Waals surface area contributed by atoms with Gasteiger partial charge < -0.3 is 25.8 Å². The quantitative estimate of drug-likeness (QED) is 0.441. The van der Waals surface area contributed by atoms with Crippen molar-refractivity contribution < 1.29 is 23.9 Å². The first-order valence-electron chi connectivity index (χ1n) is 11.8. The Hall–Kier alpha value is -2.45. The maximum absolute atomic E-state index is 13.5. The van der Waals surface area contributed by atoms with Gasteiger partial charge in [-0.1, -0.05) is 44.2 Å². The fourth-order valence-corrected chi connectivity index (χ4v) is 4.09. The molecule has 1 heterocycles. The molecule has 3 amide bonds. The van der Waals surface area contributed by atoms with Crippen molar-refractivity contribution in [3.05, 3.63) is 35.9 Å². The van der Waals surface area contributed by atoms with Gasteiger partial charge in [0.25, 0.3) is 0 Å². The van der Waals surface area contributed by atoms with Gasteiger partial charge in [0.1, 0.15) is 6.04 Å².